The Labute approximate surface area is 166 Å². The molecule has 0 aliphatic carbocycles. The van der Waals surface area contributed by atoms with Gasteiger partial charge in [-0.2, -0.15) is 0 Å². The zero-order chi connectivity index (χ0) is 17.1. The van der Waals surface area contributed by atoms with Crippen LogP contribution in [0.25, 0.3) is 0 Å². The van der Waals surface area contributed by atoms with E-state index >= 15 is 0 Å². The summed E-state index contributed by atoms with van der Waals surface area (Å²) in [6.07, 6.45) is 1.73. The second kappa shape index (κ2) is 7.91. The second-order valence-corrected chi connectivity index (χ2v) is 8.28. The van der Waals surface area contributed by atoms with Gasteiger partial charge >= 0.3 is 0 Å². The number of aliphatic imine (C=N–C) groups is 1. The monoisotopic (exact) mass is 483 g/mol. The van der Waals surface area contributed by atoms with Gasteiger partial charge in [0.25, 0.3) is 0 Å². The maximum absolute atomic E-state index is 5.91. The second-order valence-electron chi connectivity index (χ2n) is 5.03. The van der Waals surface area contributed by atoms with Crippen molar-refractivity contribution in [2.45, 2.75) is 16.9 Å². The van der Waals surface area contributed by atoms with E-state index in [1.807, 2.05) is 55.5 Å². The summed E-state index contributed by atoms with van der Waals surface area (Å²) in [6.45, 7) is 2.03. The summed E-state index contributed by atoms with van der Waals surface area (Å²) in [6, 6.07) is 15.5. The van der Waals surface area contributed by atoms with E-state index in [1.54, 1.807) is 6.21 Å². The molecular formula is C18H12Br2ClNOS. The first-order chi connectivity index (χ1) is 11.5. The van der Waals surface area contributed by atoms with E-state index in [9.17, 15) is 0 Å². The van der Waals surface area contributed by atoms with E-state index in [4.69, 9.17) is 16.0 Å². The summed E-state index contributed by atoms with van der Waals surface area (Å²) in [5.41, 5.74) is 2.01. The van der Waals surface area contributed by atoms with Crippen LogP contribution < -0.4 is 0 Å². The predicted octanol–water partition coefficient (Wildman–Crippen LogP) is 7.67. The standard InChI is InChI=1S/C18H12Br2ClNOS/c1-11-8-12(19)2-7-17(11)22-10-14-9-16(20)18(23-14)24-15-5-3-13(21)4-6-15/h2-10H,1H3. The molecule has 122 valence electrons. The highest BCUT2D eigenvalue weighted by molar-refractivity contribution is 9.10. The van der Waals surface area contributed by atoms with E-state index in [1.165, 1.54) is 11.8 Å². The molecule has 0 unspecified atom stereocenters. The highest BCUT2D eigenvalue weighted by Crippen LogP contribution is 2.36. The van der Waals surface area contributed by atoms with Gasteiger partial charge in [-0.05, 0) is 70.9 Å². The predicted molar refractivity (Wildman–Crippen MR) is 108 cm³/mol. The molecule has 6 heteroatoms. The van der Waals surface area contributed by atoms with Gasteiger partial charge in [-0.25, -0.2) is 0 Å². The van der Waals surface area contributed by atoms with E-state index < -0.39 is 0 Å². The molecule has 0 aliphatic heterocycles. The minimum atomic E-state index is 0.695. The van der Waals surface area contributed by atoms with Crippen molar-refractivity contribution in [1.29, 1.82) is 0 Å². The van der Waals surface area contributed by atoms with Gasteiger partial charge in [0.1, 0.15) is 5.76 Å². The number of halogens is 3. The number of nitrogens with zero attached hydrogens (tertiary/aromatic N) is 1. The van der Waals surface area contributed by atoms with Crippen LogP contribution in [0.1, 0.15) is 11.3 Å². The summed E-state index contributed by atoms with van der Waals surface area (Å²) in [4.78, 5) is 5.56. The zero-order valence-corrected chi connectivity index (χ0v) is 17.3. The SMILES string of the molecule is Cc1cc(Br)ccc1N=Cc1cc(Br)c(Sc2ccc(Cl)cc2)o1. The molecule has 0 atom stereocenters. The number of furan rings is 1. The Morgan fingerprint density at radius 1 is 1.08 bits per heavy atom. The molecule has 0 spiro atoms. The largest absolute Gasteiger partial charge is 0.447 e. The van der Waals surface area contributed by atoms with Crippen molar-refractivity contribution in [3.63, 3.8) is 0 Å². The fraction of sp³-hybridized carbons (Fsp3) is 0.0556. The van der Waals surface area contributed by atoms with E-state index in [0.29, 0.717) is 5.76 Å². The molecule has 3 rings (SSSR count). The van der Waals surface area contributed by atoms with Crippen molar-refractivity contribution in [3.05, 3.63) is 73.8 Å². The van der Waals surface area contributed by atoms with Crippen LogP contribution in [-0.4, -0.2) is 6.21 Å². The van der Waals surface area contributed by atoms with Crippen molar-refractivity contribution in [2.75, 3.05) is 0 Å². The fourth-order valence-corrected chi connectivity index (χ4v) is 3.94. The maximum Gasteiger partial charge on any atom is 0.179 e. The van der Waals surface area contributed by atoms with E-state index in [0.717, 1.165) is 35.2 Å². The molecule has 2 nitrogen and oxygen atoms in total. The molecule has 1 aromatic heterocycles. The third kappa shape index (κ3) is 4.54. The van der Waals surface area contributed by atoms with Crippen molar-refractivity contribution in [2.24, 2.45) is 4.99 Å². The van der Waals surface area contributed by atoms with Gasteiger partial charge in [0, 0.05) is 20.5 Å². The Balaban J connectivity index is 1.78. The quantitative estimate of drug-likeness (QED) is 0.354. The van der Waals surface area contributed by atoms with Gasteiger partial charge in [-0.1, -0.05) is 39.3 Å². The van der Waals surface area contributed by atoms with Crippen molar-refractivity contribution in [3.8, 4) is 0 Å². The van der Waals surface area contributed by atoms with Crippen LogP contribution in [0.3, 0.4) is 0 Å². The van der Waals surface area contributed by atoms with Crippen LogP contribution in [-0.2, 0) is 0 Å². The van der Waals surface area contributed by atoms with E-state index in [2.05, 4.69) is 36.9 Å². The lowest BCUT2D eigenvalue weighted by Gasteiger charge is -2.00. The molecular weight excluding hydrogens is 474 g/mol. The first kappa shape index (κ1) is 17.8. The number of hydrogen-bond donors (Lipinski definition) is 0. The van der Waals surface area contributed by atoms with Crippen molar-refractivity contribution >= 4 is 67.1 Å². The molecule has 24 heavy (non-hydrogen) atoms. The topological polar surface area (TPSA) is 25.5 Å². The third-order valence-corrected chi connectivity index (χ3v) is 5.78. The third-order valence-electron chi connectivity index (χ3n) is 3.19. The van der Waals surface area contributed by atoms with E-state index in [-0.39, 0.29) is 0 Å². The molecule has 0 aliphatic rings. The molecule has 2 aromatic carbocycles. The molecule has 1 heterocycles. The van der Waals surface area contributed by atoms with Gasteiger partial charge in [-0.3, -0.25) is 4.99 Å². The lowest BCUT2D eigenvalue weighted by Crippen LogP contribution is -1.78. The van der Waals surface area contributed by atoms with Gasteiger partial charge in [0.2, 0.25) is 0 Å². The smallest absolute Gasteiger partial charge is 0.179 e. The number of rotatable bonds is 4. The Morgan fingerprint density at radius 3 is 2.54 bits per heavy atom. The summed E-state index contributed by atoms with van der Waals surface area (Å²) in [5, 5.41) is 1.50. The Morgan fingerprint density at radius 2 is 1.83 bits per heavy atom. The first-order valence-electron chi connectivity index (χ1n) is 7.04. The molecule has 0 N–H and O–H groups in total. The summed E-state index contributed by atoms with van der Waals surface area (Å²) < 4.78 is 7.80. The molecule has 0 saturated carbocycles. The Bertz CT molecular complexity index is 891. The lowest BCUT2D eigenvalue weighted by molar-refractivity contribution is 0.466. The average Bonchev–Trinajstić information content (AvgIpc) is 2.89. The average molecular weight is 486 g/mol. The molecule has 0 radical (unpaired) electrons. The van der Waals surface area contributed by atoms with Crippen LogP contribution in [0.15, 0.2) is 76.9 Å². The summed E-state index contributed by atoms with van der Waals surface area (Å²) >= 11 is 14.4. The first-order valence-corrected chi connectivity index (χ1v) is 9.82. The summed E-state index contributed by atoms with van der Waals surface area (Å²) in [7, 11) is 0. The minimum absolute atomic E-state index is 0.695. The van der Waals surface area contributed by atoms with Gasteiger partial charge in [0.05, 0.1) is 16.4 Å². The fourth-order valence-electron chi connectivity index (χ4n) is 2.01. The molecule has 3 aromatic rings. The molecule has 0 fully saturated rings. The van der Waals surface area contributed by atoms with Gasteiger partial charge < -0.3 is 4.42 Å². The van der Waals surface area contributed by atoms with Crippen LogP contribution in [0.2, 0.25) is 5.02 Å². The number of hydrogen-bond acceptors (Lipinski definition) is 3. The number of benzene rings is 2. The van der Waals surface area contributed by atoms with Crippen LogP contribution in [0.4, 0.5) is 5.69 Å². The molecule has 0 bridgehead atoms. The highest BCUT2D eigenvalue weighted by Gasteiger charge is 2.10. The van der Waals surface area contributed by atoms with Crippen LogP contribution in [0.5, 0.6) is 0 Å². The van der Waals surface area contributed by atoms with Crippen molar-refractivity contribution < 1.29 is 4.42 Å². The molecule has 0 amide bonds. The summed E-state index contributed by atoms with van der Waals surface area (Å²) in [5.74, 6) is 0.695. The normalized spacial score (nSPS) is 11.3. The highest BCUT2D eigenvalue weighted by atomic mass is 79.9. The lowest BCUT2D eigenvalue weighted by atomic mass is 10.2. The van der Waals surface area contributed by atoms with Crippen molar-refractivity contribution in [1.82, 2.24) is 0 Å². The minimum Gasteiger partial charge on any atom is -0.447 e. The Hall–Kier alpha value is -1.01. The zero-order valence-electron chi connectivity index (χ0n) is 12.6. The van der Waals surface area contributed by atoms with Gasteiger partial charge in [-0.15, -0.1) is 0 Å². The molecule has 0 saturated heterocycles. The maximum atomic E-state index is 5.91. The Kier molecular flexibility index (Phi) is 5.87. The van der Waals surface area contributed by atoms with Crippen LogP contribution >= 0.6 is 55.2 Å². The van der Waals surface area contributed by atoms with Gasteiger partial charge in [0.15, 0.2) is 5.09 Å². The van der Waals surface area contributed by atoms with Crippen LogP contribution in [0, 0.1) is 6.92 Å². The number of aryl methyl sites for hydroxylation is 1.